The zero-order valence-corrected chi connectivity index (χ0v) is 10.3. The van der Waals surface area contributed by atoms with Crippen LogP contribution in [0.25, 0.3) is 0 Å². The van der Waals surface area contributed by atoms with E-state index in [1.165, 1.54) is 7.05 Å². The number of nitrogens with zero attached hydrogens (tertiary/aromatic N) is 1. The lowest BCUT2D eigenvalue weighted by Gasteiger charge is -2.23. The van der Waals surface area contributed by atoms with Crippen LogP contribution in [0, 0.1) is 12.3 Å². The van der Waals surface area contributed by atoms with Crippen molar-refractivity contribution < 1.29 is 18.3 Å². The molecule has 0 aliphatic carbocycles. The van der Waals surface area contributed by atoms with Gasteiger partial charge >= 0.3 is 5.97 Å². The van der Waals surface area contributed by atoms with Crippen molar-refractivity contribution in [3.05, 3.63) is 0 Å². The second-order valence-electron chi connectivity index (χ2n) is 3.53. The molecule has 16 heavy (non-hydrogen) atoms. The fraction of sp³-hybridized carbons (Fsp3) is 0.667. The molecular weight excluding hydrogens is 232 g/mol. The number of carbonyl (C=O) groups is 1. The smallest absolute Gasteiger partial charge is 0.322 e. The van der Waals surface area contributed by atoms with Gasteiger partial charge in [0.2, 0.25) is 0 Å². The normalized spacial score (nSPS) is 13.8. The van der Waals surface area contributed by atoms with Gasteiger partial charge in [0.05, 0.1) is 0 Å². The third-order valence-electron chi connectivity index (χ3n) is 2.02. The first kappa shape index (κ1) is 14.9. The molecule has 0 aliphatic rings. The minimum atomic E-state index is -3.82. The van der Waals surface area contributed by atoms with Crippen molar-refractivity contribution >= 4 is 16.2 Å². The highest BCUT2D eigenvalue weighted by atomic mass is 32.2. The average Bonchev–Trinajstić information content (AvgIpc) is 2.15. The van der Waals surface area contributed by atoms with E-state index in [1.807, 2.05) is 4.72 Å². The van der Waals surface area contributed by atoms with Gasteiger partial charge in [-0.1, -0.05) is 0 Å². The summed E-state index contributed by atoms with van der Waals surface area (Å²) in [6, 6.07) is -1.56. The molecule has 1 unspecified atom stereocenters. The first-order valence-corrected chi connectivity index (χ1v) is 6.08. The monoisotopic (exact) mass is 248 g/mol. The molecule has 0 saturated heterocycles. The van der Waals surface area contributed by atoms with E-state index >= 15 is 0 Å². The maximum absolute atomic E-state index is 11.6. The molecule has 0 amide bonds. The lowest BCUT2D eigenvalue weighted by Crippen LogP contribution is -2.48. The Labute approximate surface area is 95.8 Å². The molecule has 0 saturated carbocycles. The first-order chi connectivity index (χ1) is 7.22. The molecule has 0 aromatic heterocycles. The maximum Gasteiger partial charge on any atom is 0.322 e. The van der Waals surface area contributed by atoms with Crippen LogP contribution >= 0.6 is 0 Å². The summed E-state index contributed by atoms with van der Waals surface area (Å²) in [5.41, 5.74) is 0. The van der Waals surface area contributed by atoms with Gasteiger partial charge in [0, 0.05) is 19.5 Å². The molecule has 0 heterocycles. The fourth-order valence-electron chi connectivity index (χ4n) is 0.838. The molecule has 6 nitrogen and oxygen atoms in total. The lowest BCUT2D eigenvalue weighted by molar-refractivity contribution is -0.138. The zero-order valence-electron chi connectivity index (χ0n) is 9.47. The van der Waals surface area contributed by atoms with Crippen molar-refractivity contribution in [1.82, 2.24) is 9.03 Å². The van der Waals surface area contributed by atoms with E-state index in [0.717, 1.165) is 4.31 Å². The summed E-state index contributed by atoms with van der Waals surface area (Å²) in [6.07, 6.45) is 4.77. The van der Waals surface area contributed by atoms with Crippen molar-refractivity contribution in [1.29, 1.82) is 0 Å². The number of carboxylic acid groups (broad SMARTS) is 1. The lowest BCUT2D eigenvalue weighted by atomic mass is 10.2. The van der Waals surface area contributed by atoms with Crippen molar-refractivity contribution in [2.75, 3.05) is 7.05 Å². The van der Waals surface area contributed by atoms with E-state index in [4.69, 9.17) is 11.5 Å². The molecule has 0 aliphatic heterocycles. The maximum atomic E-state index is 11.6. The fourth-order valence-corrected chi connectivity index (χ4v) is 2.10. The molecule has 1 atom stereocenters. The molecule has 0 aromatic carbocycles. The molecule has 0 radical (unpaired) electrons. The van der Waals surface area contributed by atoms with Gasteiger partial charge < -0.3 is 5.11 Å². The van der Waals surface area contributed by atoms with E-state index in [-0.39, 0.29) is 12.5 Å². The minimum absolute atomic E-state index is 0.194. The summed E-state index contributed by atoms with van der Waals surface area (Å²) in [4.78, 5) is 10.7. The van der Waals surface area contributed by atoms with Crippen LogP contribution in [0.15, 0.2) is 0 Å². The first-order valence-electron chi connectivity index (χ1n) is 4.64. The molecule has 2 N–H and O–H groups in total. The highest BCUT2D eigenvalue weighted by Gasteiger charge is 2.27. The Morgan fingerprint density at radius 3 is 2.38 bits per heavy atom. The quantitative estimate of drug-likeness (QED) is 0.628. The van der Waals surface area contributed by atoms with E-state index in [2.05, 4.69) is 5.92 Å². The van der Waals surface area contributed by atoms with Crippen LogP contribution in [0.3, 0.4) is 0 Å². The van der Waals surface area contributed by atoms with E-state index < -0.39 is 22.2 Å². The second-order valence-corrected chi connectivity index (χ2v) is 5.29. The Morgan fingerprint density at radius 1 is 1.56 bits per heavy atom. The molecule has 0 aromatic rings. The van der Waals surface area contributed by atoms with Gasteiger partial charge in [-0.05, 0) is 13.8 Å². The molecule has 7 heteroatoms. The van der Waals surface area contributed by atoms with E-state index in [9.17, 15) is 13.2 Å². The van der Waals surface area contributed by atoms with Gasteiger partial charge in [0.15, 0.2) is 0 Å². The van der Waals surface area contributed by atoms with Gasteiger partial charge in [0.25, 0.3) is 10.2 Å². The molecule has 0 fully saturated rings. The summed E-state index contributed by atoms with van der Waals surface area (Å²) in [7, 11) is -2.46. The van der Waals surface area contributed by atoms with E-state index in [1.54, 1.807) is 13.8 Å². The predicted molar refractivity (Wildman–Crippen MR) is 59.8 cm³/mol. The van der Waals surface area contributed by atoms with Crippen LogP contribution in [-0.4, -0.2) is 42.9 Å². The Morgan fingerprint density at radius 2 is 2.06 bits per heavy atom. The molecular formula is C9H16N2O4S. The Balaban J connectivity index is 4.81. The van der Waals surface area contributed by atoms with Crippen LogP contribution in [0.4, 0.5) is 0 Å². The van der Waals surface area contributed by atoms with Crippen LogP contribution in [0.2, 0.25) is 0 Å². The molecule has 92 valence electrons. The van der Waals surface area contributed by atoms with Gasteiger partial charge in [-0.15, -0.1) is 12.3 Å². The predicted octanol–water partition coefficient (Wildman–Crippen LogP) is -0.362. The van der Waals surface area contributed by atoms with Gasteiger partial charge in [-0.2, -0.15) is 17.4 Å². The number of terminal acetylenes is 1. The van der Waals surface area contributed by atoms with Crippen molar-refractivity contribution in [2.24, 2.45) is 0 Å². The molecule has 0 rings (SSSR count). The van der Waals surface area contributed by atoms with Crippen LogP contribution in [0.5, 0.6) is 0 Å². The van der Waals surface area contributed by atoms with Crippen LogP contribution < -0.4 is 4.72 Å². The van der Waals surface area contributed by atoms with Crippen LogP contribution in [0.1, 0.15) is 20.3 Å². The standard InChI is InChI=1S/C9H16N2O4S/c1-5-6-8(9(12)13)10-16(14,15)11(4)7(2)3/h1,7-8,10H,6H2,2-4H3,(H,12,13). The van der Waals surface area contributed by atoms with Gasteiger partial charge in [-0.3, -0.25) is 4.79 Å². The average molecular weight is 248 g/mol. The number of nitrogens with one attached hydrogen (secondary N) is 1. The van der Waals surface area contributed by atoms with Crippen molar-refractivity contribution in [3.8, 4) is 12.3 Å². The number of aliphatic carboxylic acids is 1. The highest BCUT2D eigenvalue weighted by Crippen LogP contribution is 2.03. The van der Waals surface area contributed by atoms with Crippen LogP contribution in [-0.2, 0) is 15.0 Å². The summed E-state index contributed by atoms with van der Waals surface area (Å²) in [6.45, 7) is 3.35. The largest absolute Gasteiger partial charge is 0.480 e. The van der Waals surface area contributed by atoms with Crippen molar-refractivity contribution in [3.63, 3.8) is 0 Å². The summed E-state index contributed by atoms with van der Waals surface area (Å²) in [5.74, 6) is 0.821. The Bertz CT molecular complexity index is 383. The number of rotatable bonds is 6. The summed E-state index contributed by atoms with van der Waals surface area (Å²) >= 11 is 0. The Kier molecular flexibility index (Phi) is 5.44. The SMILES string of the molecule is C#CCC(NS(=O)(=O)N(C)C(C)C)C(=O)O. The zero-order chi connectivity index (χ0) is 12.9. The van der Waals surface area contributed by atoms with Crippen molar-refractivity contribution in [2.45, 2.75) is 32.4 Å². The second kappa shape index (κ2) is 5.84. The topological polar surface area (TPSA) is 86.7 Å². The molecule has 0 bridgehead atoms. The highest BCUT2D eigenvalue weighted by molar-refractivity contribution is 7.87. The third-order valence-corrected chi connectivity index (χ3v) is 3.78. The van der Waals surface area contributed by atoms with E-state index in [0.29, 0.717) is 0 Å². The number of carboxylic acids is 1. The number of hydrogen-bond donors (Lipinski definition) is 2. The summed E-state index contributed by atoms with van der Waals surface area (Å²) in [5, 5.41) is 8.75. The number of hydrogen-bond acceptors (Lipinski definition) is 3. The third kappa shape index (κ3) is 4.18. The van der Waals surface area contributed by atoms with Gasteiger partial charge in [0.1, 0.15) is 6.04 Å². The Hall–Kier alpha value is -1.10. The summed E-state index contributed by atoms with van der Waals surface area (Å²) < 4.78 is 26.4. The molecule has 0 spiro atoms. The van der Waals surface area contributed by atoms with Gasteiger partial charge in [-0.25, -0.2) is 0 Å². The minimum Gasteiger partial charge on any atom is -0.480 e.